The Morgan fingerprint density at radius 1 is 0.882 bits per heavy atom. The van der Waals surface area contributed by atoms with Crippen LogP contribution >= 0.6 is 11.8 Å². The summed E-state index contributed by atoms with van der Waals surface area (Å²) in [5.41, 5.74) is 5.30. The molecule has 0 aliphatic rings. The molecule has 0 aromatic heterocycles. The van der Waals surface area contributed by atoms with Crippen LogP contribution in [0.15, 0.2) is 88.7 Å². The number of rotatable bonds is 10. The summed E-state index contributed by atoms with van der Waals surface area (Å²) in [4.78, 5) is 25.4. The van der Waals surface area contributed by atoms with Crippen LogP contribution in [0.25, 0.3) is 0 Å². The summed E-state index contributed by atoms with van der Waals surface area (Å²) in [6.45, 7) is 2.33. The molecule has 3 aromatic rings. The number of carbonyl (C=O) groups excluding carboxylic acids is 2. The van der Waals surface area contributed by atoms with E-state index in [9.17, 15) is 18.0 Å². The predicted molar refractivity (Wildman–Crippen MR) is 132 cm³/mol. The van der Waals surface area contributed by atoms with Crippen LogP contribution in [0.4, 0.5) is 5.69 Å². The van der Waals surface area contributed by atoms with Crippen molar-refractivity contribution in [2.75, 3.05) is 17.1 Å². The average Bonchev–Trinajstić information content (AvgIpc) is 2.84. The number of ether oxygens (including phenoxy) is 1. The zero-order chi connectivity index (χ0) is 24.4. The molecule has 3 aromatic carbocycles. The molecule has 3 N–H and O–H groups in total. The third-order valence-electron chi connectivity index (χ3n) is 4.50. The summed E-state index contributed by atoms with van der Waals surface area (Å²) >= 11 is 1.55. The molecule has 0 bridgehead atoms. The zero-order valence-electron chi connectivity index (χ0n) is 18.5. The number of hydrogen-bond acceptors (Lipinski definition) is 6. The van der Waals surface area contributed by atoms with E-state index in [1.54, 1.807) is 23.9 Å². The minimum Gasteiger partial charge on any atom is -0.494 e. The molecule has 0 aliphatic heterocycles. The standard InChI is InChI=1S/C24H25N3O5S2/c1-2-32-20-12-14-22(15-13-20)34(30,31)27-19-10-8-18(9-11-19)24(29)26-25-23(28)16-17-33-21-6-4-3-5-7-21/h3-15,27H,2,16-17H2,1H3,(H,25,28)(H,26,29). The third-order valence-corrected chi connectivity index (χ3v) is 6.91. The lowest BCUT2D eigenvalue weighted by molar-refractivity contribution is -0.121. The highest BCUT2D eigenvalue weighted by Gasteiger charge is 2.15. The quantitative estimate of drug-likeness (QED) is 0.289. The Bertz CT molecular complexity index is 1200. The van der Waals surface area contributed by atoms with E-state index >= 15 is 0 Å². The molecule has 10 heteroatoms. The van der Waals surface area contributed by atoms with E-state index in [2.05, 4.69) is 15.6 Å². The predicted octanol–water partition coefficient (Wildman–Crippen LogP) is 3.83. The van der Waals surface area contributed by atoms with Crippen molar-refractivity contribution in [1.29, 1.82) is 0 Å². The first-order valence-electron chi connectivity index (χ1n) is 10.5. The van der Waals surface area contributed by atoms with Crippen LogP contribution in [-0.4, -0.2) is 32.6 Å². The summed E-state index contributed by atoms with van der Waals surface area (Å²) in [5.74, 6) is 0.343. The number of benzene rings is 3. The molecule has 0 unspecified atom stereocenters. The second-order valence-electron chi connectivity index (χ2n) is 7.00. The normalized spacial score (nSPS) is 10.9. The van der Waals surface area contributed by atoms with Gasteiger partial charge in [-0.15, -0.1) is 11.8 Å². The highest BCUT2D eigenvalue weighted by molar-refractivity contribution is 7.99. The molecule has 0 atom stereocenters. The van der Waals surface area contributed by atoms with Crippen molar-refractivity contribution < 1.29 is 22.7 Å². The van der Waals surface area contributed by atoms with Crippen molar-refractivity contribution in [3.63, 3.8) is 0 Å². The molecule has 0 saturated heterocycles. The average molecular weight is 500 g/mol. The van der Waals surface area contributed by atoms with Crippen molar-refractivity contribution in [1.82, 2.24) is 10.9 Å². The van der Waals surface area contributed by atoms with Gasteiger partial charge in [-0.2, -0.15) is 0 Å². The Kier molecular flexibility index (Phi) is 8.94. The number of carbonyl (C=O) groups is 2. The molecule has 8 nitrogen and oxygen atoms in total. The van der Waals surface area contributed by atoms with Gasteiger partial charge in [-0.25, -0.2) is 8.42 Å². The first kappa shape index (κ1) is 25.1. The summed E-state index contributed by atoms with van der Waals surface area (Å²) < 4.78 is 32.9. The van der Waals surface area contributed by atoms with Crippen LogP contribution in [0, 0.1) is 0 Å². The van der Waals surface area contributed by atoms with Crippen molar-refractivity contribution in [2.45, 2.75) is 23.1 Å². The Hall–Kier alpha value is -3.50. The van der Waals surface area contributed by atoms with Crippen molar-refractivity contribution in [3.05, 3.63) is 84.4 Å². The molecule has 2 amide bonds. The largest absolute Gasteiger partial charge is 0.494 e. The van der Waals surface area contributed by atoms with Gasteiger partial charge in [0.15, 0.2) is 0 Å². The lowest BCUT2D eigenvalue weighted by Crippen LogP contribution is -2.41. The fourth-order valence-electron chi connectivity index (χ4n) is 2.82. The van der Waals surface area contributed by atoms with Crippen LogP contribution < -0.4 is 20.3 Å². The van der Waals surface area contributed by atoms with Gasteiger partial charge < -0.3 is 4.74 Å². The molecule has 34 heavy (non-hydrogen) atoms. The summed E-state index contributed by atoms with van der Waals surface area (Å²) in [6.07, 6.45) is 0.242. The maximum Gasteiger partial charge on any atom is 0.269 e. The van der Waals surface area contributed by atoms with E-state index < -0.39 is 15.9 Å². The van der Waals surface area contributed by atoms with Crippen molar-refractivity contribution >= 4 is 39.3 Å². The number of amides is 2. The minimum absolute atomic E-state index is 0.0888. The molecule has 0 heterocycles. The summed E-state index contributed by atoms with van der Waals surface area (Å²) in [5, 5.41) is 0. The lowest BCUT2D eigenvalue weighted by Gasteiger charge is -2.10. The lowest BCUT2D eigenvalue weighted by atomic mass is 10.2. The number of anilines is 1. The third kappa shape index (κ3) is 7.53. The van der Waals surface area contributed by atoms with Gasteiger partial charge in [0.05, 0.1) is 11.5 Å². The molecule has 0 spiro atoms. The first-order valence-corrected chi connectivity index (χ1v) is 13.0. The zero-order valence-corrected chi connectivity index (χ0v) is 20.1. The molecule has 0 aliphatic carbocycles. The fraction of sp³-hybridized carbons (Fsp3) is 0.167. The van der Waals surface area contributed by atoms with Crippen LogP contribution in [0.5, 0.6) is 5.75 Å². The highest BCUT2D eigenvalue weighted by atomic mass is 32.2. The van der Waals surface area contributed by atoms with Crippen LogP contribution in [0.1, 0.15) is 23.7 Å². The number of nitrogens with one attached hydrogen (secondary N) is 3. The van der Waals surface area contributed by atoms with E-state index in [1.807, 2.05) is 37.3 Å². The van der Waals surface area contributed by atoms with Crippen molar-refractivity contribution in [2.24, 2.45) is 0 Å². The van der Waals surface area contributed by atoms with Gasteiger partial charge in [0, 0.05) is 28.3 Å². The molecular weight excluding hydrogens is 474 g/mol. The van der Waals surface area contributed by atoms with Gasteiger partial charge >= 0.3 is 0 Å². The molecule has 3 rings (SSSR count). The van der Waals surface area contributed by atoms with Gasteiger partial charge in [0.1, 0.15) is 5.75 Å². The molecule has 0 saturated carbocycles. The van der Waals surface area contributed by atoms with Gasteiger partial charge in [-0.05, 0) is 67.6 Å². The first-order chi connectivity index (χ1) is 16.4. The monoisotopic (exact) mass is 499 g/mol. The number of thioether (sulfide) groups is 1. The Morgan fingerprint density at radius 2 is 1.56 bits per heavy atom. The summed E-state index contributed by atoms with van der Waals surface area (Å²) in [7, 11) is -3.79. The van der Waals surface area contributed by atoms with Crippen LogP contribution in [0.3, 0.4) is 0 Å². The SMILES string of the molecule is CCOc1ccc(S(=O)(=O)Nc2ccc(C(=O)NNC(=O)CCSc3ccccc3)cc2)cc1. The molecule has 0 radical (unpaired) electrons. The maximum absolute atomic E-state index is 12.6. The molecule has 0 fully saturated rings. The fourth-order valence-corrected chi connectivity index (χ4v) is 4.76. The van der Waals surface area contributed by atoms with Gasteiger partial charge in [-0.1, -0.05) is 18.2 Å². The van der Waals surface area contributed by atoms with E-state index in [4.69, 9.17) is 4.74 Å². The van der Waals surface area contributed by atoms with Gasteiger partial charge in [-0.3, -0.25) is 25.2 Å². The minimum atomic E-state index is -3.79. The summed E-state index contributed by atoms with van der Waals surface area (Å²) in [6, 6.07) is 21.7. The number of hydrazine groups is 1. The van der Waals surface area contributed by atoms with Gasteiger partial charge in [0.25, 0.3) is 15.9 Å². The Morgan fingerprint density at radius 3 is 2.21 bits per heavy atom. The number of hydrogen-bond donors (Lipinski definition) is 3. The van der Waals surface area contributed by atoms with Crippen molar-refractivity contribution in [3.8, 4) is 5.75 Å². The second-order valence-corrected chi connectivity index (χ2v) is 9.85. The smallest absolute Gasteiger partial charge is 0.269 e. The highest BCUT2D eigenvalue weighted by Crippen LogP contribution is 2.20. The van der Waals surface area contributed by atoms with E-state index in [1.165, 1.54) is 36.4 Å². The van der Waals surface area contributed by atoms with Crippen LogP contribution in [0.2, 0.25) is 0 Å². The molecular formula is C24H25N3O5S2. The molecule has 178 valence electrons. The van der Waals surface area contributed by atoms with Gasteiger partial charge in [0.2, 0.25) is 5.91 Å². The second kappa shape index (κ2) is 12.1. The van der Waals surface area contributed by atoms with E-state index in [-0.39, 0.29) is 22.8 Å². The van der Waals surface area contributed by atoms with E-state index in [0.717, 1.165) is 4.90 Å². The Balaban J connectivity index is 1.47. The Labute approximate surface area is 203 Å². The maximum atomic E-state index is 12.6. The number of sulfonamides is 1. The van der Waals surface area contributed by atoms with E-state index in [0.29, 0.717) is 23.8 Å². The van der Waals surface area contributed by atoms with Crippen LogP contribution in [-0.2, 0) is 14.8 Å². The topological polar surface area (TPSA) is 114 Å².